The van der Waals surface area contributed by atoms with Crippen LogP contribution in [0.25, 0.3) is 11.4 Å². The molecule has 6 nitrogen and oxygen atoms in total. The summed E-state index contributed by atoms with van der Waals surface area (Å²) in [4.78, 5) is 11.5. The predicted molar refractivity (Wildman–Crippen MR) is 69.2 cm³/mol. The number of hydrogen-bond donors (Lipinski definition) is 0. The average Bonchev–Trinajstić information content (AvgIpc) is 2.38. The summed E-state index contributed by atoms with van der Waals surface area (Å²) in [6.07, 6.45) is 0. The van der Waals surface area contributed by atoms with Crippen LogP contribution in [0.3, 0.4) is 0 Å². The lowest BCUT2D eigenvalue weighted by atomic mass is 10.1. The molecule has 1 aromatic carbocycles. The van der Waals surface area contributed by atoms with E-state index in [0.29, 0.717) is 11.4 Å². The molecule has 1 heterocycles. The molecule has 0 unspecified atom stereocenters. The fraction of sp³-hybridized carbons (Fsp3) is 0.182. The van der Waals surface area contributed by atoms with Gasteiger partial charge in [0.2, 0.25) is 5.82 Å². The molecule has 0 amide bonds. The molecule has 1 aromatic heterocycles. The highest BCUT2D eigenvalue weighted by molar-refractivity contribution is 6.39. The van der Waals surface area contributed by atoms with Crippen LogP contribution in [0.5, 0.6) is 0 Å². The third kappa shape index (κ3) is 2.80. The maximum Gasteiger partial charge on any atom is 0.340 e. The number of aromatic nitrogens is 4. The average molecular weight is 299 g/mol. The van der Waals surface area contributed by atoms with Gasteiger partial charge in [0.1, 0.15) is 0 Å². The highest BCUT2D eigenvalue weighted by Gasteiger charge is 2.18. The molecule has 0 spiro atoms. The SMILES string of the molecule is COC(=O)c1c(Cl)cc(-c2nnc(C)nn2)cc1Cl. The number of methoxy groups -OCH3 is 1. The van der Waals surface area contributed by atoms with Crippen molar-refractivity contribution in [2.45, 2.75) is 6.92 Å². The first-order valence-electron chi connectivity index (χ1n) is 5.14. The van der Waals surface area contributed by atoms with Crippen LogP contribution in [0, 0.1) is 6.92 Å². The van der Waals surface area contributed by atoms with Crippen molar-refractivity contribution >= 4 is 29.2 Å². The number of benzene rings is 1. The fourth-order valence-electron chi connectivity index (χ4n) is 1.39. The van der Waals surface area contributed by atoms with Crippen molar-refractivity contribution in [2.24, 2.45) is 0 Å². The summed E-state index contributed by atoms with van der Waals surface area (Å²) in [5, 5.41) is 15.6. The van der Waals surface area contributed by atoms with Crippen molar-refractivity contribution in [1.29, 1.82) is 0 Å². The Labute approximate surface area is 118 Å². The summed E-state index contributed by atoms with van der Waals surface area (Å²) in [5.41, 5.74) is 0.616. The van der Waals surface area contributed by atoms with E-state index in [0.717, 1.165) is 0 Å². The molecule has 2 aromatic rings. The molecule has 0 fully saturated rings. The van der Waals surface area contributed by atoms with Gasteiger partial charge in [-0.15, -0.1) is 20.4 Å². The first-order valence-corrected chi connectivity index (χ1v) is 5.90. The largest absolute Gasteiger partial charge is 0.465 e. The van der Waals surface area contributed by atoms with E-state index in [1.165, 1.54) is 19.2 Å². The Morgan fingerprint density at radius 2 is 1.63 bits per heavy atom. The molecule has 98 valence electrons. The molecule has 0 aliphatic rings. The second-order valence-electron chi connectivity index (χ2n) is 3.58. The number of ether oxygens (including phenoxy) is 1. The molecule has 0 aliphatic carbocycles. The monoisotopic (exact) mass is 298 g/mol. The van der Waals surface area contributed by atoms with Crippen LogP contribution < -0.4 is 0 Å². The zero-order valence-corrected chi connectivity index (χ0v) is 11.5. The molecular formula is C11H8Cl2N4O2. The lowest BCUT2D eigenvalue weighted by Gasteiger charge is -2.07. The minimum Gasteiger partial charge on any atom is -0.465 e. The van der Waals surface area contributed by atoms with E-state index in [1.807, 2.05) is 0 Å². The molecule has 2 rings (SSSR count). The highest BCUT2D eigenvalue weighted by atomic mass is 35.5. The first-order chi connectivity index (χ1) is 9.02. The number of rotatable bonds is 2. The number of aryl methyl sites for hydroxylation is 1. The second kappa shape index (κ2) is 5.46. The fourth-order valence-corrected chi connectivity index (χ4v) is 2.04. The lowest BCUT2D eigenvalue weighted by molar-refractivity contribution is 0.0601. The number of carbonyl (C=O) groups is 1. The van der Waals surface area contributed by atoms with Gasteiger partial charge < -0.3 is 4.74 Å². The number of hydrogen-bond acceptors (Lipinski definition) is 6. The molecule has 0 bridgehead atoms. The molecule has 0 saturated heterocycles. The van der Waals surface area contributed by atoms with Gasteiger partial charge in [-0.1, -0.05) is 23.2 Å². The standard InChI is InChI=1S/C11H8Cl2N4O2/c1-5-14-16-10(17-15-5)6-3-7(12)9(8(13)4-6)11(18)19-2/h3-4H,1-2H3. The third-order valence-corrected chi connectivity index (χ3v) is 2.86. The summed E-state index contributed by atoms with van der Waals surface area (Å²) >= 11 is 12.0. The van der Waals surface area contributed by atoms with Crippen molar-refractivity contribution in [1.82, 2.24) is 20.4 Å². The molecule has 0 radical (unpaired) electrons. The van der Waals surface area contributed by atoms with Gasteiger partial charge in [0.15, 0.2) is 5.82 Å². The Morgan fingerprint density at radius 1 is 1.11 bits per heavy atom. The van der Waals surface area contributed by atoms with E-state index in [9.17, 15) is 4.79 Å². The minimum atomic E-state index is -0.609. The lowest BCUT2D eigenvalue weighted by Crippen LogP contribution is -2.04. The van der Waals surface area contributed by atoms with Gasteiger partial charge in [0, 0.05) is 5.56 Å². The molecule has 8 heteroatoms. The summed E-state index contributed by atoms with van der Waals surface area (Å²) < 4.78 is 4.60. The molecule has 0 aliphatic heterocycles. The van der Waals surface area contributed by atoms with E-state index in [4.69, 9.17) is 23.2 Å². The number of nitrogens with zero attached hydrogens (tertiary/aromatic N) is 4. The molecule has 0 atom stereocenters. The van der Waals surface area contributed by atoms with Gasteiger partial charge in [-0.25, -0.2) is 4.79 Å². The summed E-state index contributed by atoms with van der Waals surface area (Å²) in [7, 11) is 1.25. The molecule has 0 N–H and O–H groups in total. The van der Waals surface area contributed by atoms with Crippen molar-refractivity contribution in [3.63, 3.8) is 0 Å². The highest BCUT2D eigenvalue weighted by Crippen LogP contribution is 2.30. The zero-order chi connectivity index (χ0) is 14.0. The Kier molecular flexibility index (Phi) is 3.92. The smallest absolute Gasteiger partial charge is 0.340 e. The minimum absolute atomic E-state index is 0.0996. The van der Waals surface area contributed by atoms with Crippen LogP contribution in [0.2, 0.25) is 10.0 Å². The van der Waals surface area contributed by atoms with E-state index in [-0.39, 0.29) is 21.4 Å². The number of esters is 1. The van der Waals surface area contributed by atoms with Crippen LogP contribution >= 0.6 is 23.2 Å². The second-order valence-corrected chi connectivity index (χ2v) is 4.39. The van der Waals surface area contributed by atoms with Gasteiger partial charge in [-0.05, 0) is 19.1 Å². The van der Waals surface area contributed by atoms with E-state index < -0.39 is 5.97 Å². The predicted octanol–water partition coefficient (Wildman–Crippen LogP) is 2.34. The van der Waals surface area contributed by atoms with Crippen LogP contribution in [-0.4, -0.2) is 33.5 Å². The van der Waals surface area contributed by atoms with Gasteiger partial charge in [0.25, 0.3) is 0 Å². The number of carbonyl (C=O) groups excluding carboxylic acids is 1. The van der Waals surface area contributed by atoms with Crippen LogP contribution in [-0.2, 0) is 4.74 Å². The van der Waals surface area contributed by atoms with E-state index >= 15 is 0 Å². The summed E-state index contributed by atoms with van der Waals surface area (Å²) in [6.45, 7) is 1.67. The van der Waals surface area contributed by atoms with Crippen LogP contribution in [0.1, 0.15) is 16.2 Å². The van der Waals surface area contributed by atoms with Crippen molar-refractivity contribution < 1.29 is 9.53 Å². The van der Waals surface area contributed by atoms with E-state index in [2.05, 4.69) is 25.1 Å². The Balaban J connectivity index is 2.51. The van der Waals surface area contributed by atoms with E-state index in [1.54, 1.807) is 6.92 Å². The maximum absolute atomic E-state index is 11.5. The maximum atomic E-state index is 11.5. The third-order valence-electron chi connectivity index (χ3n) is 2.27. The summed E-state index contributed by atoms with van der Waals surface area (Å²) in [6, 6.07) is 3.02. The normalized spacial score (nSPS) is 10.3. The molecular weight excluding hydrogens is 291 g/mol. The van der Waals surface area contributed by atoms with Crippen molar-refractivity contribution in [3.05, 3.63) is 33.6 Å². The Bertz CT molecular complexity index is 608. The van der Waals surface area contributed by atoms with Crippen LogP contribution in [0.4, 0.5) is 0 Å². The van der Waals surface area contributed by atoms with Gasteiger partial charge in [0.05, 0.1) is 22.7 Å². The van der Waals surface area contributed by atoms with Gasteiger partial charge in [-0.2, -0.15) is 0 Å². The molecule has 19 heavy (non-hydrogen) atoms. The summed E-state index contributed by atoms with van der Waals surface area (Å²) in [5.74, 6) is 0.112. The molecule has 0 saturated carbocycles. The van der Waals surface area contributed by atoms with Gasteiger partial charge >= 0.3 is 5.97 Å². The van der Waals surface area contributed by atoms with Crippen molar-refractivity contribution in [2.75, 3.05) is 7.11 Å². The zero-order valence-electron chi connectivity index (χ0n) is 10.0. The quantitative estimate of drug-likeness (QED) is 0.792. The topological polar surface area (TPSA) is 77.9 Å². The Hall–Kier alpha value is -1.79. The Morgan fingerprint density at radius 3 is 2.11 bits per heavy atom. The van der Waals surface area contributed by atoms with Gasteiger partial charge in [-0.3, -0.25) is 0 Å². The van der Waals surface area contributed by atoms with Crippen molar-refractivity contribution in [3.8, 4) is 11.4 Å². The first kappa shape index (κ1) is 13.6. The van der Waals surface area contributed by atoms with Crippen LogP contribution in [0.15, 0.2) is 12.1 Å². The number of halogens is 2.